The number of pyridine rings is 1. The summed E-state index contributed by atoms with van der Waals surface area (Å²) in [6.07, 6.45) is 3.47. The Morgan fingerprint density at radius 1 is 1.55 bits per heavy atom. The number of nitrogens with zero attached hydrogens (tertiary/aromatic N) is 1. The van der Waals surface area contributed by atoms with Crippen LogP contribution in [0.15, 0.2) is 24.5 Å². The summed E-state index contributed by atoms with van der Waals surface area (Å²) in [7, 11) is 0. The Morgan fingerprint density at radius 3 is 2.73 bits per heavy atom. The molecule has 1 aromatic heterocycles. The van der Waals surface area contributed by atoms with Gasteiger partial charge in [-0.15, -0.1) is 0 Å². The van der Waals surface area contributed by atoms with Gasteiger partial charge < -0.3 is 4.74 Å². The molecule has 3 heteroatoms. The molecule has 0 atom stereocenters. The van der Waals surface area contributed by atoms with E-state index in [1.165, 1.54) is 0 Å². The predicted molar refractivity (Wildman–Crippen MR) is 47.3 cm³/mol. The molecule has 0 fully saturated rings. The van der Waals surface area contributed by atoms with Crippen molar-refractivity contribution in [3.05, 3.63) is 30.1 Å². The fourth-order valence-corrected chi connectivity index (χ4v) is 0.723. The minimum Gasteiger partial charge on any atom is -0.483 e. The van der Waals surface area contributed by atoms with Crippen molar-refractivity contribution in [1.82, 2.24) is 4.98 Å². The first-order chi connectivity index (χ1) is 5.29. The normalized spacial score (nSPS) is 9.18. The Labute approximate surface area is 71.2 Å². The van der Waals surface area contributed by atoms with Crippen molar-refractivity contribution in [2.45, 2.75) is 13.5 Å². The Balaban J connectivity index is 2.45. The lowest BCUT2D eigenvalue weighted by Gasteiger charge is -2.01. The summed E-state index contributed by atoms with van der Waals surface area (Å²) in [5.41, 5.74) is 1.09. The maximum absolute atomic E-state index is 5.13. The molecule has 2 nitrogen and oxygen atoms in total. The van der Waals surface area contributed by atoms with Crippen molar-refractivity contribution in [3.63, 3.8) is 0 Å². The van der Waals surface area contributed by atoms with E-state index < -0.39 is 0 Å². The van der Waals surface area contributed by atoms with Crippen LogP contribution in [0.1, 0.15) is 12.5 Å². The molecular weight excluding hydrogens is 158 g/mol. The zero-order valence-corrected chi connectivity index (χ0v) is 7.10. The molecule has 0 saturated heterocycles. The minimum atomic E-state index is 0.540. The Morgan fingerprint density at radius 2 is 2.18 bits per heavy atom. The van der Waals surface area contributed by atoms with Crippen LogP contribution in [0.2, 0.25) is 0 Å². The summed E-state index contributed by atoms with van der Waals surface area (Å²) in [6.45, 7) is 2.30. The van der Waals surface area contributed by atoms with E-state index >= 15 is 0 Å². The molecule has 0 aliphatic carbocycles. The Hall–Kier alpha value is -0.960. The highest BCUT2D eigenvalue weighted by Crippen LogP contribution is 1.98. The van der Waals surface area contributed by atoms with Gasteiger partial charge in [0.15, 0.2) is 5.05 Å². The molecule has 1 heterocycles. The Bertz CT molecular complexity index is 235. The summed E-state index contributed by atoms with van der Waals surface area (Å²) in [6, 6.07) is 3.80. The first kappa shape index (κ1) is 8.14. The van der Waals surface area contributed by atoms with Crippen LogP contribution in [0, 0.1) is 0 Å². The zero-order chi connectivity index (χ0) is 8.10. The molecule has 0 spiro atoms. The molecule has 11 heavy (non-hydrogen) atoms. The topological polar surface area (TPSA) is 22.1 Å². The van der Waals surface area contributed by atoms with E-state index in [0.29, 0.717) is 11.7 Å². The van der Waals surface area contributed by atoms with E-state index in [1.807, 2.05) is 12.1 Å². The fraction of sp³-hybridized carbons (Fsp3) is 0.250. The third kappa shape index (κ3) is 3.09. The van der Waals surface area contributed by atoms with Gasteiger partial charge in [-0.25, -0.2) is 0 Å². The van der Waals surface area contributed by atoms with Crippen LogP contribution in [0.25, 0.3) is 0 Å². The van der Waals surface area contributed by atoms with Gasteiger partial charge in [0, 0.05) is 19.3 Å². The van der Waals surface area contributed by atoms with Crippen LogP contribution in [-0.2, 0) is 11.3 Å². The predicted octanol–water partition coefficient (Wildman–Crippen LogP) is 1.95. The van der Waals surface area contributed by atoms with Gasteiger partial charge in [0.25, 0.3) is 0 Å². The molecule has 0 unspecified atom stereocenters. The first-order valence-electron chi connectivity index (χ1n) is 3.31. The molecule has 0 aliphatic heterocycles. The van der Waals surface area contributed by atoms with Crippen LogP contribution < -0.4 is 0 Å². The van der Waals surface area contributed by atoms with E-state index in [4.69, 9.17) is 17.0 Å². The molecule has 58 valence electrons. The average Bonchev–Trinajstić information content (AvgIpc) is 2.03. The van der Waals surface area contributed by atoms with Crippen molar-refractivity contribution in [3.8, 4) is 0 Å². The van der Waals surface area contributed by atoms with Crippen molar-refractivity contribution < 1.29 is 4.74 Å². The molecule has 0 bridgehead atoms. The maximum Gasteiger partial charge on any atom is 0.157 e. The van der Waals surface area contributed by atoms with Gasteiger partial charge in [0.05, 0.1) is 0 Å². The zero-order valence-electron chi connectivity index (χ0n) is 6.28. The van der Waals surface area contributed by atoms with Gasteiger partial charge in [-0.2, -0.15) is 0 Å². The van der Waals surface area contributed by atoms with Crippen LogP contribution in [0.3, 0.4) is 0 Å². The first-order valence-corrected chi connectivity index (χ1v) is 3.72. The molecule has 1 aromatic rings. The number of aromatic nitrogens is 1. The van der Waals surface area contributed by atoms with E-state index in [1.54, 1.807) is 19.3 Å². The molecule has 0 aliphatic rings. The summed E-state index contributed by atoms with van der Waals surface area (Å²) in [5, 5.41) is 0.571. The van der Waals surface area contributed by atoms with Crippen LogP contribution >= 0.6 is 12.2 Å². The summed E-state index contributed by atoms with van der Waals surface area (Å²) in [4.78, 5) is 3.88. The van der Waals surface area contributed by atoms with E-state index in [0.717, 1.165) is 5.56 Å². The lowest BCUT2D eigenvalue weighted by Crippen LogP contribution is -1.96. The lowest BCUT2D eigenvalue weighted by molar-refractivity contribution is 0.298. The lowest BCUT2D eigenvalue weighted by atomic mass is 10.3. The van der Waals surface area contributed by atoms with Crippen LogP contribution in [0.5, 0.6) is 0 Å². The maximum atomic E-state index is 5.13. The average molecular weight is 167 g/mol. The van der Waals surface area contributed by atoms with Crippen LogP contribution in [-0.4, -0.2) is 10.0 Å². The molecule has 1 rings (SSSR count). The largest absolute Gasteiger partial charge is 0.483 e. The second-order valence-corrected chi connectivity index (χ2v) is 2.71. The molecule has 0 radical (unpaired) electrons. The van der Waals surface area contributed by atoms with Gasteiger partial charge in [0.2, 0.25) is 0 Å². The number of hydrogen-bond donors (Lipinski definition) is 0. The number of ether oxygens (including phenoxy) is 1. The van der Waals surface area contributed by atoms with Crippen molar-refractivity contribution in [2.24, 2.45) is 0 Å². The SMILES string of the molecule is CC(=S)OCc1ccncc1. The third-order valence-electron chi connectivity index (χ3n) is 1.19. The number of thiocarbonyl (C=S) groups is 1. The van der Waals surface area contributed by atoms with Crippen LogP contribution in [0.4, 0.5) is 0 Å². The molecule has 0 saturated carbocycles. The molecular formula is C8H9NOS. The highest BCUT2D eigenvalue weighted by molar-refractivity contribution is 7.80. The standard InChI is InChI=1S/C8H9NOS/c1-7(11)10-6-8-2-4-9-5-3-8/h2-5H,6H2,1H3. The monoisotopic (exact) mass is 167 g/mol. The van der Waals surface area contributed by atoms with Crippen molar-refractivity contribution >= 4 is 17.3 Å². The smallest absolute Gasteiger partial charge is 0.157 e. The summed E-state index contributed by atoms with van der Waals surface area (Å²) >= 11 is 4.76. The molecule has 0 N–H and O–H groups in total. The van der Waals surface area contributed by atoms with Gasteiger partial charge in [0.1, 0.15) is 6.61 Å². The second kappa shape index (κ2) is 4.03. The van der Waals surface area contributed by atoms with E-state index in [9.17, 15) is 0 Å². The van der Waals surface area contributed by atoms with Gasteiger partial charge in [-0.05, 0) is 29.9 Å². The van der Waals surface area contributed by atoms with Gasteiger partial charge >= 0.3 is 0 Å². The highest BCUT2D eigenvalue weighted by Gasteiger charge is 1.91. The fourth-order valence-electron chi connectivity index (χ4n) is 0.664. The highest BCUT2D eigenvalue weighted by atomic mass is 32.1. The third-order valence-corrected chi connectivity index (χ3v) is 1.31. The second-order valence-electron chi connectivity index (χ2n) is 2.14. The molecule has 0 aromatic carbocycles. The van der Waals surface area contributed by atoms with Crippen molar-refractivity contribution in [2.75, 3.05) is 0 Å². The van der Waals surface area contributed by atoms with E-state index in [-0.39, 0.29) is 0 Å². The number of hydrogen-bond acceptors (Lipinski definition) is 3. The number of rotatable bonds is 2. The van der Waals surface area contributed by atoms with Gasteiger partial charge in [-0.3, -0.25) is 4.98 Å². The van der Waals surface area contributed by atoms with Gasteiger partial charge in [-0.1, -0.05) is 0 Å². The van der Waals surface area contributed by atoms with E-state index in [2.05, 4.69) is 4.98 Å². The van der Waals surface area contributed by atoms with Crippen molar-refractivity contribution in [1.29, 1.82) is 0 Å². The Kier molecular flexibility index (Phi) is 2.98. The quantitative estimate of drug-likeness (QED) is 0.628. The summed E-state index contributed by atoms with van der Waals surface area (Å²) < 4.78 is 5.13. The minimum absolute atomic E-state index is 0.540. The molecule has 0 amide bonds. The summed E-state index contributed by atoms with van der Waals surface area (Å²) in [5.74, 6) is 0.